The van der Waals surface area contributed by atoms with E-state index in [9.17, 15) is 8.42 Å². The summed E-state index contributed by atoms with van der Waals surface area (Å²) in [6, 6.07) is 0.804. The number of likely N-dealkylation sites (tertiary alicyclic amines) is 1. The van der Waals surface area contributed by atoms with Gasteiger partial charge in [-0.2, -0.15) is 0 Å². The summed E-state index contributed by atoms with van der Waals surface area (Å²) >= 11 is 0. The van der Waals surface area contributed by atoms with Crippen molar-refractivity contribution in [3.63, 3.8) is 0 Å². The molecule has 1 heterocycles. The van der Waals surface area contributed by atoms with Gasteiger partial charge in [0.25, 0.3) is 0 Å². The lowest BCUT2D eigenvalue weighted by Crippen LogP contribution is -2.45. The van der Waals surface area contributed by atoms with Crippen LogP contribution in [0.3, 0.4) is 0 Å². The van der Waals surface area contributed by atoms with E-state index in [1.807, 2.05) is 0 Å². The molecule has 0 amide bonds. The Morgan fingerprint density at radius 3 is 2.40 bits per heavy atom. The zero-order valence-corrected chi connectivity index (χ0v) is 13.4. The average molecular weight is 303 g/mol. The lowest BCUT2D eigenvalue weighted by atomic mass is 10.1. The van der Waals surface area contributed by atoms with Crippen molar-refractivity contribution in [3.05, 3.63) is 0 Å². The van der Waals surface area contributed by atoms with E-state index in [4.69, 9.17) is 0 Å². The molecule has 6 heteroatoms. The first-order valence-electron chi connectivity index (χ1n) is 8.05. The van der Waals surface area contributed by atoms with Crippen molar-refractivity contribution < 1.29 is 8.42 Å². The largest absolute Gasteiger partial charge is 0.314 e. The minimum Gasteiger partial charge on any atom is -0.314 e. The van der Waals surface area contributed by atoms with Crippen LogP contribution in [0, 0.1) is 0 Å². The fraction of sp³-hybridized carbons (Fsp3) is 1.00. The third-order valence-electron chi connectivity index (χ3n) is 4.07. The molecule has 0 bridgehead atoms. The van der Waals surface area contributed by atoms with Crippen LogP contribution in [-0.2, 0) is 10.0 Å². The molecule has 0 atom stereocenters. The van der Waals surface area contributed by atoms with Crippen LogP contribution in [0.5, 0.6) is 0 Å². The summed E-state index contributed by atoms with van der Waals surface area (Å²) in [5, 5.41) is 3.35. The Labute approximate surface area is 123 Å². The fourth-order valence-electron chi connectivity index (χ4n) is 2.76. The van der Waals surface area contributed by atoms with Gasteiger partial charge in [0, 0.05) is 12.1 Å². The van der Waals surface area contributed by atoms with Gasteiger partial charge in [0.15, 0.2) is 0 Å². The van der Waals surface area contributed by atoms with Gasteiger partial charge in [-0.3, -0.25) is 0 Å². The smallest absolute Gasteiger partial charge is 0.211 e. The Morgan fingerprint density at radius 2 is 1.80 bits per heavy atom. The number of sulfonamides is 1. The number of hydrogen-bond donors (Lipinski definition) is 2. The maximum Gasteiger partial charge on any atom is 0.211 e. The highest BCUT2D eigenvalue weighted by Gasteiger charge is 2.23. The Morgan fingerprint density at radius 1 is 1.10 bits per heavy atom. The first-order valence-corrected chi connectivity index (χ1v) is 9.70. The van der Waals surface area contributed by atoms with Crippen LogP contribution in [0.25, 0.3) is 0 Å². The second-order valence-corrected chi connectivity index (χ2v) is 8.01. The van der Waals surface area contributed by atoms with E-state index in [-0.39, 0.29) is 11.8 Å². The molecule has 0 unspecified atom stereocenters. The second-order valence-electron chi connectivity index (χ2n) is 6.13. The molecule has 0 radical (unpaired) electrons. The monoisotopic (exact) mass is 303 g/mol. The van der Waals surface area contributed by atoms with E-state index in [1.165, 1.54) is 19.3 Å². The van der Waals surface area contributed by atoms with Crippen LogP contribution in [0.4, 0.5) is 0 Å². The average Bonchev–Trinajstić information content (AvgIpc) is 3.21. The third-order valence-corrected chi connectivity index (χ3v) is 5.59. The van der Waals surface area contributed by atoms with Gasteiger partial charge in [-0.15, -0.1) is 0 Å². The van der Waals surface area contributed by atoms with E-state index < -0.39 is 10.0 Å². The summed E-state index contributed by atoms with van der Waals surface area (Å²) in [6.45, 7) is 6.17. The van der Waals surface area contributed by atoms with E-state index >= 15 is 0 Å². The van der Waals surface area contributed by atoms with Crippen LogP contribution in [0.2, 0.25) is 0 Å². The Hall–Kier alpha value is -0.170. The van der Waals surface area contributed by atoms with Gasteiger partial charge in [0.2, 0.25) is 10.0 Å². The van der Waals surface area contributed by atoms with E-state index in [0.29, 0.717) is 12.5 Å². The first kappa shape index (κ1) is 16.2. The summed E-state index contributed by atoms with van der Waals surface area (Å²) in [5.41, 5.74) is 0. The van der Waals surface area contributed by atoms with Gasteiger partial charge in [0.1, 0.15) is 0 Å². The number of nitrogens with one attached hydrogen (secondary N) is 2. The maximum absolute atomic E-state index is 12.0. The molecule has 0 aromatic carbocycles. The minimum absolute atomic E-state index is 0.143. The molecule has 2 aliphatic rings. The van der Waals surface area contributed by atoms with Crippen molar-refractivity contribution in [3.8, 4) is 0 Å². The molecule has 0 spiro atoms. The van der Waals surface area contributed by atoms with Gasteiger partial charge in [-0.1, -0.05) is 6.92 Å². The van der Waals surface area contributed by atoms with Crippen LogP contribution in [-0.4, -0.2) is 57.3 Å². The Kier molecular flexibility index (Phi) is 6.26. The van der Waals surface area contributed by atoms with Crippen molar-refractivity contribution >= 4 is 10.0 Å². The highest BCUT2D eigenvalue weighted by Crippen LogP contribution is 2.18. The van der Waals surface area contributed by atoms with Crippen molar-refractivity contribution in [2.24, 2.45) is 0 Å². The van der Waals surface area contributed by atoms with Crippen molar-refractivity contribution in [2.45, 2.75) is 57.5 Å². The molecule has 0 aromatic heterocycles. The third kappa shape index (κ3) is 6.08. The van der Waals surface area contributed by atoms with Crippen molar-refractivity contribution in [1.82, 2.24) is 14.9 Å². The molecule has 2 N–H and O–H groups in total. The predicted octanol–water partition coefficient (Wildman–Crippen LogP) is 0.922. The Balaban J connectivity index is 1.61. The lowest BCUT2D eigenvalue weighted by molar-refractivity contribution is 0.208. The quantitative estimate of drug-likeness (QED) is 0.622. The number of nitrogens with zero attached hydrogens (tertiary/aromatic N) is 1. The van der Waals surface area contributed by atoms with Gasteiger partial charge in [0.05, 0.1) is 5.75 Å². The Bertz CT molecular complexity index is 374. The van der Waals surface area contributed by atoms with Crippen LogP contribution in [0.1, 0.15) is 45.4 Å². The molecule has 1 aliphatic carbocycles. The zero-order valence-electron chi connectivity index (χ0n) is 12.6. The zero-order chi connectivity index (χ0) is 14.4. The number of rotatable bonds is 9. The van der Waals surface area contributed by atoms with Gasteiger partial charge in [-0.05, 0) is 64.7 Å². The summed E-state index contributed by atoms with van der Waals surface area (Å²) in [5.74, 6) is 0.252. The molecule has 2 fully saturated rings. The minimum atomic E-state index is -3.10. The van der Waals surface area contributed by atoms with Gasteiger partial charge < -0.3 is 10.2 Å². The molecule has 1 aliphatic heterocycles. The molecular formula is C14H29N3O2S. The van der Waals surface area contributed by atoms with E-state index in [0.717, 1.165) is 39.0 Å². The molecule has 5 nitrogen and oxygen atoms in total. The number of piperidine rings is 1. The van der Waals surface area contributed by atoms with Gasteiger partial charge in [-0.25, -0.2) is 13.1 Å². The molecule has 0 aromatic rings. The van der Waals surface area contributed by atoms with Crippen molar-refractivity contribution in [2.75, 3.05) is 31.9 Å². The summed E-state index contributed by atoms with van der Waals surface area (Å²) < 4.78 is 26.9. The van der Waals surface area contributed by atoms with Gasteiger partial charge >= 0.3 is 0 Å². The maximum atomic E-state index is 12.0. The standard InChI is InChI=1S/C14H29N3O2S/c1-2-9-17-10-6-14(7-11-17)16-20(18,19)12-3-8-15-13-4-5-13/h13-16H,2-12H2,1H3. The lowest BCUT2D eigenvalue weighted by Gasteiger charge is -2.31. The fourth-order valence-corrected chi connectivity index (χ4v) is 4.15. The van der Waals surface area contributed by atoms with Crippen LogP contribution >= 0.6 is 0 Å². The number of hydrogen-bond acceptors (Lipinski definition) is 4. The molecular weight excluding hydrogens is 274 g/mol. The highest BCUT2D eigenvalue weighted by atomic mass is 32.2. The summed E-state index contributed by atoms with van der Waals surface area (Å²) in [6.07, 6.45) is 6.27. The topological polar surface area (TPSA) is 61.4 Å². The molecule has 1 saturated carbocycles. The highest BCUT2D eigenvalue weighted by molar-refractivity contribution is 7.89. The van der Waals surface area contributed by atoms with Crippen LogP contribution < -0.4 is 10.0 Å². The first-order chi connectivity index (χ1) is 9.59. The predicted molar refractivity (Wildman–Crippen MR) is 82.3 cm³/mol. The summed E-state index contributed by atoms with van der Waals surface area (Å²) in [4.78, 5) is 2.42. The summed E-state index contributed by atoms with van der Waals surface area (Å²) in [7, 11) is -3.10. The molecule has 118 valence electrons. The molecule has 20 heavy (non-hydrogen) atoms. The second kappa shape index (κ2) is 7.73. The van der Waals surface area contributed by atoms with E-state index in [2.05, 4.69) is 21.9 Å². The van der Waals surface area contributed by atoms with E-state index in [1.54, 1.807) is 0 Å². The molecule has 2 rings (SSSR count). The van der Waals surface area contributed by atoms with Crippen molar-refractivity contribution in [1.29, 1.82) is 0 Å². The normalized spacial score (nSPS) is 22.2. The molecule has 1 saturated heterocycles. The SMILES string of the molecule is CCCN1CCC(NS(=O)(=O)CCCNC2CC2)CC1. The van der Waals surface area contributed by atoms with Crippen LogP contribution in [0.15, 0.2) is 0 Å².